The van der Waals surface area contributed by atoms with Crippen molar-refractivity contribution in [1.82, 2.24) is 0 Å². The zero-order chi connectivity index (χ0) is 12.4. The standard InChI is InChI=1S/C14H17NO2/c1-9(2)13(15-17)14(16)12-8-11(12)10-6-4-3-5-7-10/h3-7,9,11-12,17H,8H2,1-2H3/t11-,12+/m0/s1. The minimum absolute atomic E-state index is 0.00338. The average Bonchev–Trinajstić information content (AvgIpc) is 3.10. The molecule has 0 heterocycles. The summed E-state index contributed by atoms with van der Waals surface area (Å²) in [4.78, 5) is 12.1. The van der Waals surface area contributed by atoms with Crippen LogP contribution in [0.3, 0.4) is 0 Å². The molecular formula is C14H17NO2. The third kappa shape index (κ3) is 2.38. The van der Waals surface area contributed by atoms with Gasteiger partial charge in [0, 0.05) is 11.8 Å². The van der Waals surface area contributed by atoms with Gasteiger partial charge in [0.15, 0.2) is 5.78 Å². The number of Topliss-reactive ketones (excluding diaryl/α,β-unsaturated/α-hetero) is 1. The van der Waals surface area contributed by atoms with E-state index < -0.39 is 0 Å². The Morgan fingerprint density at radius 2 is 2.00 bits per heavy atom. The van der Waals surface area contributed by atoms with Gasteiger partial charge < -0.3 is 5.21 Å². The van der Waals surface area contributed by atoms with Crippen LogP contribution < -0.4 is 0 Å². The van der Waals surface area contributed by atoms with Crippen LogP contribution in [0, 0.1) is 11.8 Å². The largest absolute Gasteiger partial charge is 0.411 e. The van der Waals surface area contributed by atoms with Crippen molar-refractivity contribution in [3.05, 3.63) is 35.9 Å². The van der Waals surface area contributed by atoms with E-state index in [4.69, 9.17) is 5.21 Å². The first-order valence-corrected chi connectivity index (χ1v) is 5.96. The van der Waals surface area contributed by atoms with Crippen LogP contribution in [0.25, 0.3) is 0 Å². The van der Waals surface area contributed by atoms with Crippen molar-refractivity contribution in [3.8, 4) is 0 Å². The van der Waals surface area contributed by atoms with E-state index in [2.05, 4.69) is 5.16 Å². The molecule has 0 amide bonds. The SMILES string of the molecule is CC(C)C(=NO)C(=O)[C@@H]1C[C@H]1c1ccccc1. The Balaban J connectivity index is 2.07. The molecule has 1 aliphatic rings. The highest BCUT2D eigenvalue weighted by Gasteiger charge is 2.45. The summed E-state index contributed by atoms with van der Waals surface area (Å²) < 4.78 is 0. The maximum Gasteiger partial charge on any atom is 0.184 e. The normalized spacial score (nSPS) is 23.8. The van der Waals surface area contributed by atoms with Crippen molar-refractivity contribution in [3.63, 3.8) is 0 Å². The first kappa shape index (κ1) is 11.8. The maximum atomic E-state index is 12.1. The number of rotatable bonds is 4. The molecule has 2 rings (SSSR count). The maximum absolute atomic E-state index is 12.1. The van der Waals surface area contributed by atoms with E-state index >= 15 is 0 Å². The Bertz CT molecular complexity index is 437. The summed E-state index contributed by atoms with van der Waals surface area (Å²) in [6, 6.07) is 10.0. The van der Waals surface area contributed by atoms with Gasteiger partial charge in [0.1, 0.15) is 5.71 Å². The fraction of sp³-hybridized carbons (Fsp3) is 0.429. The number of ketones is 1. The zero-order valence-electron chi connectivity index (χ0n) is 10.1. The zero-order valence-corrected chi connectivity index (χ0v) is 10.1. The molecule has 1 aromatic carbocycles. The molecule has 0 aliphatic heterocycles. The summed E-state index contributed by atoms with van der Waals surface area (Å²) in [5, 5.41) is 12.0. The fourth-order valence-electron chi connectivity index (χ4n) is 2.19. The molecule has 90 valence electrons. The molecule has 1 fully saturated rings. The van der Waals surface area contributed by atoms with Gasteiger partial charge in [-0.1, -0.05) is 49.3 Å². The minimum atomic E-state index is -0.0236. The molecule has 0 bridgehead atoms. The second kappa shape index (κ2) is 4.70. The molecule has 0 radical (unpaired) electrons. The lowest BCUT2D eigenvalue weighted by molar-refractivity contribution is -0.114. The number of oxime groups is 1. The summed E-state index contributed by atoms with van der Waals surface area (Å²) in [6.07, 6.45) is 0.870. The predicted octanol–water partition coefficient (Wildman–Crippen LogP) is 2.85. The van der Waals surface area contributed by atoms with E-state index in [1.807, 2.05) is 44.2 Å². The molecule has 1 saturated carbocycles. The molecule has 3 nitrogen and oxygen atoms in total. The highest BCUT2D eigenvalue weighted by atomic mass is 16.4. The summed E-state index contributed by atoms with van der Waals surface area (Å²) in [5.74, 6) is 0.283. The Morgan fingerprint density at radius 1 is 1.35 bits per heavy atom. The van der Waals surface area contributed by atoms with Crippen LogP contribution >= 0.6 is 0 Å². The Labute approximate surface area is 101 Å². The summed E-state index contributed by atoms with van der Waals surface area (Å²) in [7, 11) is 0. The molecule has 1 aromatic rings. The third-order valence-corrected chi connectivity index (χ3v) is 3.26. The summed E-state index contributed by atoms with van der Waals surface area (Å²) in [6.45, 7) is 3.74. The van der Waals surface area contributed by atoms with Gasteiger partial charge in [0.05, 0.1) is 0 Å². The molecular weight excluding hydrogens is 214 g/mol. The van der Waals surface area contributed by atoms with Crippen molar-refractivity contribution >= 4 is 11.5 Å². The quantitative estimate of drug-likeness (QED) is 0.492. The number of nitrogens with zero attached hydrogens (tertiary/aromatic N) is 1. The molecule has 0 spiro atoms. The van der Waals surface area contributed by atoms with Gasteiger partial charge in [-0.25, -0.2) is 0 Å². The summed E-state index contributed by atoms with van der Waals surface area (Å²) in [5.41, 5.74) is 1.50. The monoisotopic (exact) mass is 231 g/mol. The van der Waals surface area contributed by atoms with E-state index in [0.717, 1.165) is 6.42 Å². The van der Waals surface area contributed by atoms with Gasteiger partial charge in [-0.3, -0.25) is 4.79 Å². The minimum Gasteiger partial charge on any atom is -0.411 e. The lowest BCUT2D eigenvalue weighted by atomic mass is 9.99. The highest BCUT2D eigenvalue weighted by Crippen LogP contribution is 2.48. The molecule has 1 aliphatic carbocycles. The number of hydrogen-bond acceptors (Lipinski definition) is 3. The van der Waals surface area contributed by atoms with Gasteiger partial charge in [-0.2, -0.15) is 0 Å². The number of hydrogen-bond donors (Lipinski definition) is 1. The van der Waals surface area contributed by atoms with Gasteiger partial charge in [0.2, 0.25) is 0 Å². The lowest BCUT2D eigenvalue weighted by Crippen LogP contribution is -2.22. The van der Waals surface area contributed by atoms with Crippen LogP contribution in [0.4, 0.5) is 0 Å². The van der Waals surface area contributed by atoms with Crippen molar-refractivity contribution in [1.29, 1.82) is 0 Å². The Hall–Kier alpha value is -1.64. The van der Waals surface area contributed by atoms with Crippen molar-refractivity contribution < 1.29 is 10.0 Å². The van der Waals surface area contributed by atoms with Gasteiger partial charge in [-0.15, -0.1) is 0 Å². The highest BCUT2D eigenvalue weighted by molar-refractivity contribution is 6.41. The van der Waals surface area contributed by atoms with Crippen LogP contribution in [-0.4, -0.2) is 16.7 Å². The number of carbonyl (C=O) groups excluding carboxylic acids is 1. The van der Waals surface area contributed by atoms with E-state index in [1.165, 1.54) is 5.56 Å². The molecule has 3 heteroatoms. The van der Waals surface area contributed by atoms with Crippen molar-refractivity contribution in [2.45, 2.75) is 26.2 Å². The van der Waals surface area contributed by atoms with Gasteiger partial charge >= 0.3 is 0 Å². The topological polar surface area (TPSA) is 49.7 Å². The van der Waals surface area contributed by atoms with E-state index in [9.17, 15) is 4.79 Å². The fourth-order valence-corrected chi connectivity index (χ4v) is 2.19. The second-order valence-corrected chi connectivity index (χ2v) is 4.86. The van der Waals surface area contributed by atoms with E-state index in [1.54, 1.807) is 0 Å². The summed E-state index contributed by atoms with van der Waals surface area (Å²) >= 11 is 0. The number of benzene rings is 1. The van der Waals surface area contributed by atoms with Crippen LogP contribution in [0.1, 0.15) is 31.7 Å². The molecule has 0 unspecified atom stereocenters. The van der Waals surface area contributed by atoms with E-state index in [-0.39, 0.29) is 17.6 Å². The average molecular weight is 231 g/mol. The van der Waals surface area contributed by atoms with Crippen LogP contribution in [0.5, 0.6) is 0 Å². The van der Waals surface area contributed by atoms with Gasteiger partial charge in [-0.05, 0) is 17.9 Å². The Kier molecular flexibility index (Phi) is 3.27. The lowest BCUT2D eigenvalue weighted by Gasteiger charge is -2.06. The molecule has 0 saturated heterocycles. The van der Waals surface area contributed by atoms with Crippen LogP contribution in [0.15, 0.2) is 35.5 Å². The first-order chi connectivity index (χ1) is 8.15. The second-order valence-electron chi connectivity index (χ2n) is 4.86. The first-order valence-electron chi connectivity index (χ1n) is 5.96. The molecule has 1 N–H and O–H groups in total. The number of carbonyl (C=O) groups is 1. The van der Waals surface area contributed by atoms with Crippen LogP contribution in [0.2, 0.25) is 0 Å². The Morgan fingerprint density at radius 3 is 2.53 bits per heavy atom. The van der Waals surface area contributed by atoms with Crippen LogP contribution in [-0.2, 0) is 4.79 Å². The van der Waals surface area contributed by atoms with E-state index in [0.29, 0.717) is 11.6 Å². The molecule has 2 atom stereocenters. The van der Waals surface area contributed by atoms with Crippen molar-refractivity contribution in [2.24, 2.45) is 17.0 Å². The molecule has 0 aromatic heterocycles. The predicted molar refractivity (Wildman–Crippen MR) is 66.4 cm³/mol. The van der Waals surface area contributed by atoms with Crippen molar-refractivity contribution in [2.75, 3.05) is 0 Å². The smallest absolute Gasteiger partial charge is 0.184 e. The molecule has 17 heavy (non-hydrogen) atoms. The van der Waals surface area contributed by atoms with Gasteiger partial charge in [0.25, 0.3) is 0 Å². The third-order valence-electron chi connectivity index (χ3n) is 3.26.